The summed E-state index contributed by atoms with van der Waals surface area (Å²) in [6, 6.07) is 12.6. The summed E-state index contributed by atoms with van der Waals surface area (Å²) in [6.45, 7) is 4.57. The third-order valence-electron chi connectivity index (χ3n) is 4.39. The lowest BCUT2D eigenvalue weighted by molar-refractivity contribution is 0.0989. The number of morpholine rings is 1. The van der Waals surface area contributed by atoms with Crippen molar-refractivity contribution in [1.82, 2.24) is 14.5 Å². The lowest BCUT2D eigenvalue weighted by Crippen LogP contribution is -2.44. The minimum absolute atomic E-state index is 0.337. The highest BCUT2D eigenvalue weighted by atomic mass is 16.5. The van der Waals surface area contributed by atoms with Gasteiger partial charge in [0.15, 0.2) is 0 Å². The number of aromatic nitrogens is 3. The van der Waals surface area contributed by atoms with E-state index in [0.29, 0.717) is 6.04 Å². The summed E-state index contributed by atoms with van der Waals surface area (Å²) in [6.07, 6.45) is 7.58. The van der Waals surface area contributed by atoms with E-state index in [9.17, 15) is 0 Å². The topological polar surface area (TPSA) is 43.2 Å². The van der Waals surface area contributed by atoms with Gasteiger partial charge in [0, 0.05) is 36.7 Å². The maximum atomic E-state index is 5.58. The van der Waals surface area contributed by atoms with Crippen LogP contribution in [-0.2, 0) is 4.74 Å². The van der Waals surface area contributed by atoms with E-state index in [-0.39, 0.29) is 0 Å². The zero-order chi connectivity index (χ0) is 16.4. The van der Waals surface area contributed by atoms with Crippen LogP contribution in [0.5, 0.6) is 0 Å². The van der Waals surface area contributed by atoms with Crippen molar-refractivity contribution in [2.75, 3.05) is 24.7 Å². The molecule has 0 bridgehead atoms. The van der Waals surface area contributed by atoms with Gasteiger partial charge in [-0.05, 0) is 13.0 Å². The van der Waals surface area contributed by atoms with Crippen molar-refractivity contribution in [3.63, 3.8) is 0 Å². The molecule has 0 radical (unpaired) electrons. The van der Waals surface area contributed by atoms with Gasteiger partial charge >= 0.3 is 0 Å². The molecule has 4 rings (SSSR count). The van der Waals surface area contributed by atoms with E-state index in [4.69, 9.17) is 4.74 Å². The Labute approximate surface area is 141 Å². The fourth-order valence-corrected chi connectivity index (χ4v) is 3.19. The molecule has 3 heterocycles. The van der Waals surface area contributed by atoms with Crippen LogP contribution in [0.3, 0.4) is 0 Å². The molecule has 1 aromatic carbocycles. The van der Waals surface area contributed by atoms with Crippen molar-refractivity contribution in [3.8, 4) is 17.1 Å². The van der Waals surface area contributed by atoms with E-state index >= 15 is 0 Å². The SMILES string of the molecule is C[C@@H]1COCCN1c1ccncc1-n1ccnc1-c1ccccc1. The van der Waals surface area contributed by atoms with Crippen LogP contribution in [0, 0.1) is 0 Å². The lowest BCUT2D eigenvalue weighted by atomic mass is 10.2. The predicted octanol–water partition coefficient (Wildman–Crippen LogP) is 3.16. The van der Waals surface area contributed by atoms with Crippen LogP contribution in [0.25, 0.3) is 17.1 Å². The maximum Gasteiger partial charge on any atom is 0.144 e. The molecule has 122 valence electrons. The first-order valence-corrected chi connectivity index (χ1v) is 8.22. The molecule has 0 unspecified atom stereocenters. The Morgan fingerprint density at radius 1 is 1.08 bits per heavy atom. The Balaban J connectivity index is 1.80. The number of hydrogen-bond acceptors (Lipinski definition) is 4. The minimum Gasteiger partial charge on any atom is -0.377 e. The van der Waals surface area contributed by atoms with Crippen LogP contribution in [-0.4, -0.2) is 40.3 Å². The van der Waals surface area contributed by atoms with Crippen molar-refractivity contribution in [2.45, 2.75) is 13.0 Å². The van der Waals surface area contributed by atoms with Crippen LogP contribution >= 0.6 is 0 Å². The van der Waals surface area contributed by atoms with Crippen molar-refractivity contribution in [3.05, 3.63) is 61.2 Å². The van der Waals surface area contributed by atoms with Gasteiger partial charge in [-0.2, -0.15) is 0 Å². The maximum absolute atomic E-state index is 5.58. The van der Waals surface area contributed by atoms with Crippen LogP contribution < -0.4 is 4.90 Å². The summed E-state index contributed by atoms with van der Waals surface area (Å²) < 4.78 is 7.69. The van der Waals surface area contributed by atoms with E-state index in [0.717, 1.165) is 42.5 Å². The number of imidazole rings is 1. The molecule has 5 heteroatoms. The Morgan fingerprint density at radius 2 is 1.96 bits per heavy atom. The Morgan fingerprint density at radius 3 is 2.79 bits per heavy atom. The van der Waals surface area contributed by atoms with E-state index in [1.807, 2.05) is 43.0 Å². The van der Waals surface area contributed by atoms with Crippen LogP contribution in [0.2, 0.25) is 0 Å². The van der Waals surface area contributed by atoms with Gasteiger partial charge in [0.25, 0.3) is 0 Å². The number of ether oxygens (including phenoxy) is 1. The van der Waals surface area contributed by atoms with Crippen molar-refractivity contribution in [1.29, 1.82) is 0 Å². The molecule has 0 aliphatic carbocycles. The minimum atomic E-state index is 0.337. The zero-order valence-corrected chi connectivity index (χ0v) is 13.7. The molecule has 1 atom stereocenters. The lowest BCUT2D eigenvalue weighted by Gasteiger charge is -2.36. The largest absolute Gasteiger partial charge is 0.377 e. The fraction of sp³-hybridized carbons (Fsp3) is 0.263. The van der Waals surface area contributed by atoms with Gasteiger partial charge in [-0.3, -0.25) is 9.55 Å². The second kappa shape index (κ2) is 6.45. The molecule has 0 N–H and O–H groups in total. The van der Waals surface area contributed by atoms with Crippen molar-refractivity contribution >= 4 is 5.69 Å². The van der Waals surface area contributed by atoms with Gasteiger partial charge in [-0.25, -0.2) is 4.98 Å². The summed E-state index contributed by atoms with van der Waals surface area (Å²) in [5.74, 6) is 0.922. The van der Waals surface area contributed by atoms with Gasteiger partial charge in [0.1, 0.15) is 5.82 Å². The summed E-state index contributed by atoms with van der Waals surface area (Å²) in [4.78, 5) is 11.3. The number of anilines is 1. The van der Waals surface area contributed by atoms with E-state index in [1.54, 1.807) is 0 Å². The highest BCUT2D eigenvalue weighted by molar-refractivity contribution is 5.67. The quantitative estimate of drug-likeness (QED) is 0.743. The predicted molar refractivity (Wildman–Crippen MR) is 94.4 cm³/mol. The summed E-state index contributed by atoms with van der Waals surface area (Å²) >= 11 is 0. The second-order valence-corrected chi connectivity index (χ2v) is 5.97. The van der Waals surface area contributed by atoms with Crippen LogP contribution in [0.15, 0.2) is 61.2 Å². The number of pyridine rings is 1. The van der Waals surface area contributed by atoms with E-state index in [1.165, 1.54) is 0 Å². The molecule has 0 saturated carbocycles. The highest BCUT2D eigenvalue weighted by Gasteiger charge is 2.22. The number of nitrogens with zero attached hydrogens (tertiary/aromatic N) is 4. The van der Waals surface area contributed by atoms with E-state index < -0.39 is 0 Å². The van der Waals surface area contributed by atoms with Crippen LogP contribution in [0.1, 0.15) is 6.92 Å². The molecule has 1 aliphatic rings. The molecule has 0 spiro atoms. The van der Waals surface area contributed by atoms with Gasteiger partial charge < -0.3 is 9.64 Å². The van der Waals surface area contributed by atoms with Gasteiger partial charge in [0.2, 0.25) is 0 Å². The summed E-state index contributed by atoms with van der Waals surface area (Å²) in [7, 11) is 0. The molecule has 0 amide bonds. The number of benzene rings is 1. The second-order valence-electron chi connectivity index (χ2n) is 5.97. The van der Waals surface area contributed by atoms with Gasteiger partial charge in [-0.1, -0.05) is 30.3 Å². The van der Waals surface area contributed by atoms with Crippen molar-refractivity contribution in [2.24, 2.45) is 0 Å². The third-order valence-corrected chi connectivity index (χ3v) is 4.39. The Kier molecular flexibility index (Phi) is 4.01. The smallest absolute Gasteiger partial charge is 0.144 e. The molecule has 1 fully saturated rings. The molecule has 1 saturated heterocycles. The first-order valence-electron chi connectivity index (χ1n) is 8.22. The normalized spacial score (nSPS) is 17.9. The monoisotopic (exact) mass is 320 g/mol. The first kappa shape index (κ1) is 14.9. The Hall–Kier alpha value is -2.66. The Bertz CT molecular complexity index is 815. The van der Waals surface area contributed by atoms with Crippen LogP contribution in [0.4, 0.5) is 5.69 Å². The van der Waals surface area contributed by atoms with E-state index in [2.05, 4.69) is 44.6 Å². The molecular formula is C19H20N4O. The summed E-state index contributed by atoms with van der Waals surface area (Å²) in [5.41, 5.74) is 3.30. The number of rotatable bonds is 3. The molecule has 3 aromatic rings. The molecular weight excluding hydrogens is 300 g/mol. The van der Waals surface area contributed by atoms with Crippen molar-refractivity contribution < 1.29 is 4.74 Å². The zero-order valence-electron chi connectivity index (χ0n) is 13.7. The average Bonchev–Trinajstić information content (AvgIpc) is 3.12. The number of hydrogen-bond donors (Lipinski definition) is 0. The molecule has 24 heavy (non-hydrogen) atoms. The molecule has 1 aliphatic heterocycles. The first-order chi connectivity index (χ1) is 11.8. The fourth-order valence-electron chi connectivity index (χ4n) is 3.19. The highest BCUT2D eigenvalue weighted by Crippen LogP contribution is 2.30. The third kappa shape index (κ3) is 2.67. The van der Waals surface area contributed by atoms with Gasteiger partial charge in [-0.15, -0.1) is 0 Å². The average molecular weight is 320 g/mol. The van der Waals surface area contributed by atoms with Gasteiger partial charge in [0.05, 0.1) is 30.8 Å². The summed E-state index contributed by atoms with van der Waals surface area (Å²) in [5, 5.41) is 0. The molecule has 2 aromatic heterocycles. The standard InChI is InChI=1S/C19H20N4O/c1-15-14-24-12-11-22(15)17-7-8-20-13-18(17)23-10-9-21-19(23)16-5-3-2-4-6-16/h2-10,13,15H,11-12,14H2,1H3/t15-/m1/s1. The molecule has 5 nitrogen and oxygen atoms in total.